The van der Waals surface area contributed by atoms with Crippen LogP contribution in [0.5, 0.6) is 17.2 Å². The van der Waals surface area contributed by atoms with Crippen molar-refractivity contribution in [2.45, 2.75) is 51.8 Å². The van der Waals surface area contributed by atoms with Gasteiger partial charge in [0, 0.05) is 25.1 Å². The lowest BCUT2D eigenvalue weighted by Crippen LogP contribution is -2.45. The maximum absolute atomic E-state index is 13.3. The van der Waals surface area contributed by atoms with Crippen LogP contribution in [-0.2, 0) is 33.8 Å². The number of rotatable bonds is 3. The molecule has 5 aliphatic heterocycles. The van der Waals surface area contributed by atoms with Crippen LogP contribution in [0, 0.1) is 13.8 Å². The van der Waals surface area contributed by atoms with E-state index in [2.05, 4.69) is 15.8 Å². The lowest BCUT2D eigenvalue weighted by Gasteiger charge is -2.21. The fourth-order valence-corrected chi connectivity index (χ4v) is 5.03. The minimum absolute atomic E-state index is 0.0873. The third-order valence-electron chi connectivity index (χ3n) is 7.40. The summed E-state index contributed by atoms with van der Waals surface area (Å²) in [5, 5.41) is 9.89. The van der Waals surface area contributed by atoms with Crippen molar-refractivity contribution in [3.05, 3.63) is 70.6 Å². The molecule has 2 aromatic carbocycles. The van der Waals surface area contributed by atoms with Crippen molar-refractivity contribution in [3.8, 4) is 17.2 Å². The molecule has 1 saturated heterocycles. The average Bonchev–Trinajstić information content (AvgIpc) is 3.51. The Morgan fingerprint density at radius 1 is 1.05 bits per heavy atom. The number of aryl methyl sites for hydroxylation is 3. The maximum Gasteiger partial charge on any atom is 0.258 e. The third kappa shape index (κ3) is 6.79. The van der Waals surface area contributed by atoms with Crippen LogP contribution in [-0.4, -0.2) is 66.7 Å². The number of nitrogens with one attached hydrogen (secondary N) is 2. The van der Waals surface area contributed by atoms with E-state index >= 15 is 0 Å². The summed E-state index contributed by atoms with van der Waals surface area (Å²) < 4.78 is 22.6. The standard InChI is InChI=1S/C30H34N4O7/c1-18-23(19(2)41-33-18)13-30(37)34-15-24-27(16-34)40-22-8-4-21(5-9-22)14-31-29(36)17-39-25-10-6-20(12-26(25)38-3)7-11-28(35)32-24/h4-6,8-10,12,24,27H,7,11,13-17H2,1-3H3,(H,31,36)(H,32,35)/t24-,27-/m0/s1. The second kappa shape index (κ2) is 12.3. The molecule has 3 aromatic rings. The van der Waals surface area contributed by atoms with Gasteiger partial charge >= 0.3 is 0 Å². The van der Waals surface area contributed by atoms with Gasteiger partial charge < -0.3 is 34.3 Å². The Balaban J connectivity index is 1.35. The van der Waals surface area contributed by atoms with Gasteiger partial charge in [0.05, 0.1) is 31.8 Å². The molecule has 1 aromatic heterocycles. The Labute approximate surface area is 238 Å². The number of hydrogen-bond donors (Lipinski definition) is 2. The molecular formula is C30H34N4O7. The van der Waals surface area contributed by atoms with Gasteiger partial charge in [-0.2, -0.15) is 0 Å². The highest BCUT2D eigenvalue weighted by Crippen LogP contribution is 2.29. The fourth-order valence-electron chi connectivity index (χ4n) is 5.03. The number of amides is 3. The second-order valence-electron chi connectivity index (χ2n) is 10.3. The van der Waals surface area contributed by atoms with Crippen molar-refractivity contribution in [1.29, 1.82) is 0 Å². The number of carbonyl (C=O) groups is 3. The van der Waals surface area contributed by atoms with Crippen LogP contribution in [0.15, 0.2) is 47.0 Å². The van der Waals surface area contributed by atoms with Gasteiger partial charge in [0.1, 0.15) is 17.6 Å². The molecule has 8 rings (SSSR count). The number of aromatic nitrogens is 1. The lowest BCUT2D eigenvalue weighted by molar-refractivity contribution is -0.130. The number of ether oxygens (including phenoxy) is 3. The molecule has 11 nitrogen and oxygen atoms in total. The molecule has 216 valence electrons. The number of benzene rings is 2. The van der Waals surface area contributed by atoms with Crippen molar-refractivity contribution in [1.82, 2.24) is 20.7 Å². The van der Waals surface area contributed by atoms with E-state index < -0.39 is 12.1 Å². The molecule has 0 saturated carbocycles. The monoisotopic (exact) mass is 562 g/mol. The first kappa shape index (κ1) is 28.0. The van der Waals surface area contributed by atoms with E-state index in [0.29, 0.717) is 54.8 Å². The summed E-state index contributed by atoms with van der Waals surface area (Å²) in [7, 11) is 1.53. The smallest absolute Gasteiger partial charge is 0.258 e. The molecule has 5 aliphatic rings. The van der Waals surface area contributed by atoms with Crippen molar-refractivity contribution >= 4 is 17.7 Å². The van der Waals surface area contributed by atoms with Gasteiger partial charge in [-0.3, -0.25) is 14.4 Å². The molecule has 41 heavy (non-hydrogen) atoms. The Kier molecular flexibility index (Phi) is 8.42. The van der Waals surface area contributed by atoms with Gasteiger partial charge in [-0.15, -0.1) is 0 Å². The van der Waals surface area contributed by atoms with Gasteiger partial charge in [-0.05, 0) is 55.7 Å². The summed E-state index contributed by atoms with van der Waals surface area (Å²) in [5.74, 6) is 1.65. The zero-order chi connectivity index (χ0) is 28.9. The van der Waals surface area contributed by atoms with E-state index in [4.69, 9.17) is 18.7 Å². The number of likely N-dealkylation sites (tertiary alicyclic amines) is 1. The van der Waals surface area contributed by atoms with Crippen molar-refractivity contribution < 1.29 is 33.1 Å². The maximum atomic E-state index is 13.3. The highest BCUT2D eigenvalue weighted by atomic mass is 16.5. The summed E-state index contributed by atoms with van der Waals surface area (Å²) in [4.78, 5) is 40.4. The van der Waals surface area contributed by atoms with Gasteiger partial charge in [0.25, 0.3) is 5.91 Å². The predicted octanol–water partition coefficient (Wildman–Crippen LogP) is 2.26. The van der Waals surface area contributed by atoms with Crippen molar-refractivity contribution in [3.63, 3.8) is 0 Å². The van der Waals surface area contributed by atoms with Crippen LogP contribution in [0.25, 0.3) is 0 Å². The second-order valence-corrected chi connectivity index (χ2v) is 10.3. The molecule has 0 unspecified atom stereocenters. The van der Waals surface area contributed by atoms with E-state index in [0.717, 1.165) is 16.7 Å². The molecule has 6 heterocycles. The molecule has 2 N–H and O–H groups in total. The van der Waals surface area contributed by atoms with Crippen LogP contribution in [0.3, 0.4) is 0 Å². The topological polar surface area (TPSA) is 132 Å². The molecule has 0 radical (unpaired) electrons. The number of carbonyl (C=O) groups excluding carboxylic acids is 3. The highest BCUT2D eigenvalue weighted by molar-refractivity contribution is 5.80. The molecular weight excluding hydrogens is 528 g/mol. The normalized spacial score (nSPS) is 19.5. The third-order valence-corrected chi connectivity index (χ3v) is 7.40. The zero-order valence-corrected chi connectivity index (χ0v) is 23.4. The van der Waals surface area contributed by atoms with Gasteiger partial charge in [-0.1, -0.05) is 23.4 Å². The van der Waals surface area contributed by atoms with Crippen molar-refractivity contribution in [2.75, 3.05) is 26.8 Å². The largest absolute Gasteiger partial charge is 0.493 e. The van der Waals surface area contributed by atoms with E-state index in [-0.39, 0.29) is 37.2 Å². The van der Waals surface area contributed by atoms with E-state index in [1.807, 2.05) is 37.3 Å². The summed E-state index contributed by atoms with van der Waals surface area (Å²) in [6.45, 7) is 4.41. The summed E-state index contributed by atoms with van der Waals surface area (Å²) >= 11 is 0. The molecule has 0 aliphatic carbocycles. The first-order chi connectivity index (χ1) is 19.8. The van der Waals surface area contributed by atoms with Crippen molar-refractivity contribution in [2.24, 2.45) is 0 Å². The number of nitrogens with zero attached hydrogens (tertiary/aromatic N) is 2. The molecule has 1 fully saturated rings. The molecule has 11 heteroatoms. The Morgan fingerprint density at radius 3 is 2.56 bits per heavy atom. The van der Waals surface area contributed by atoms with Crippen LogP contribution in [0.2, 0.25) is 0 Å². The number of hydrogen-bond acceptors (Lipinski definition) is 8. The highest BCUT2D eigenvalue weighted by Gasteiger charge is 2.38. The minimum Gasteiger partial charge on any atom is -0.493 e. The quantitative estimate of drug-likeness (QED) is 0.497. The van der Waals surface area contributed by atoms with E-state index in [1.54, 1.807) is 24.0 Å². The molecule has 3 amide bonds. The average molecular weight is 563 g/mol. The summed E-state index contributed by atoms with van der Waals surface area (Å²) in [5.41, 5.74) is 3.24. The van der Waals surface area contributed by atoms with Gasteiger partial charge in [0.15, 0.2) is 18.1 Å². The minimum atomic E-state index is -0.444. The SMILES string of the molecule is COc1cc2ccc1OCC(=O)NCc1ccc(cc1)O[C@H]1CN(C(=O)Cc3c(C)noc3C)C[C@@H]1NC(=O)CC2. The number of methoxy groups -OCH3 is 1. The van der Waals surface area contributed by atoms with E-state index in [9.17, 15) is 14.4 Å². The summed E-state index contributed by atoms with van der Waals surface area (Å²) in [6, 6.07) is 12.3. The fraction of sp³-hybridized carbons (Fsp3) is 0.400. The lowest BCUT2D eigenvalue weighted by atomic mass is 10.1. The zero-order valence-electron chi connectivity index (χ0n) is 23.4. The molecule has 2 atom stereocenters. The molecule has 0 spiro atoms. The van der Waals surface area contributed by atoms with Crippen LogP contribution in [0.4, 0.5) is 0 Å². The summed E-state index contributed by atoms with van der Waals surface area (Å²) in [6.07, 6.45) is 0.421. The first-order valence-corrected chi connectivity index (χ1v) is 13.6. The first-order valence-electron chi connectivity index (χ1n) is 13.6. The van der Waals surface area contributed by atoms with Gasteiger partial charge in [0.2, 0.25) is 11.8 Å². The van der Waals surface area contributed by atoms with Gasteiger partial charge in [-0.25, -0.2) is 0 Å². The molecule has 4 bridgehead atoms. The Hall–Kier alpha value is -4.54. The van der Waals surface area contributed by atoms with Crippen LogP contribution in [0.1, 0.15) is 34.6 Å². The Morgan fingerprint density at radius 2 is 1.83 bits per heavy atom. The predicted molar refractivity (Wildman–Crippen MR) is 148 cm³/mol. The Bertz CT molecular complexity index is 1400. The van der Waals surface area contributed by atoms with E-state index in [1.165, 1.54) is 7.11 Å². The van der Waals surface area contributed by atoms with Crippen LogP contribution < -0.4 is 24.8 Å². The van der Waals surface area contributed by atoms with Crippen LogP contribution >= 0.6 is 0 Å².